The van der Waals surface area contributed by atoms with Crippen molar-refractivity contribution in [2.45, 2.75) is 38.5 Å². The average molecular weight is 285 g/mol. The third-order valence-electron chi connectivity index (χ3n) is 3.95. The lowest BCUT2D eigenvalue weighted by Gasteiger charge is -2.11. The van der Waals surface area contributed by atoms with E-state index in [4.69, 9.17) is 0 Å². The molecule has 0 aromatic carbocycles. The van der Waals surface area contributed by atoms with Gasteiger partial charge in [0.15, 0.2) is 5.82 Å². The Morgan fingerprint density at radius 3 is 3.00 bits per heavy atom. The highest BCUT2D eigenvalue weighted by Gasteiger charge is 2.17. The van der Waals surface area contributed by atoms with E-state index in [0.717, 1.165) is 12.3 Å². The van der Waals surface area contributed by atoms with Crippen LogP contribution in [0.3, 0.4) is 0 Å². The SMILES string of the molecule is O=C(CCC1CCCC1)Nc1cccnc1-n1cncn1. The van der Waals surface area contributed by atoms with E-state index in [0.29, 0.717) is 17.9 Å². The molecule has 1 N–H and O–H groups in total. The van der Waals surface area contributed by atoms with Crippen LogP contribution < -0.4 is 5.32 Å². The highest BCUT2D eigenvalue weighted by Crippen LogP contribution is 2.28. The number of amides is 1. The first-order chi connectivity index (χ1) is 10.3. The largest absolute Gasteiger partial charge is 0.323 e. The fourth-order valence-corrected chi connectivity index (χ4v) is 2.84. The normalized spacial score (nSPS) is 15.2. The van der Waals surface area contributed by atoms with Crippen LogP contribution in [0.1, 0.15) is 38.5 Å². The first kappa shape index (κ1) is 13.7. The maximum Gasteiger partial charge on any atom is 0.224 e. The molecule has 0 radical (unpaired) electrons. The first-order valence-corrected chi connectivity index (χ1v) is 7.43. The van der Waals surface area contributed by atoms with Crippen LogP contribution in [0.4, 0.5) is 5.69 Å². The zero-order valence-electron chi connectivity index (χ0n) is 11.9. The molecule has 21 heavy (non-hydrogen) atoms. The third kappa shape index (κ3) is 3.45. The van der Waals surface area contributed by atoms with Gasteiger partial charge >= 0.3 is 0 Å². The molecule has 6 nitrogen and oxygen atoms in total. The van der Waals surface area contributed by atoms with Crippen LogP contribution in [-0.2, 0) is 4.79 Å². The molecule has 2 aromatic rings. The minimum absolute atomic E-state index is 0.0382. The summed E-state index contributed by atoms with van der Waals surface area (Å²) in [7, 11) is 0. The van der Waals surface area contributed by atoms with Crippen molar-refractivity contribution in [2.75, 3.05) is 5.32 Å². The molecule has 0 aliphatic heterocycles. The standard InChI is InChI=1S/C15H19N5O/c21-14(8-7-12-4-1-2-5-12)19-13-6-3-9-17-15(13)20-11-16-10-18-20/h3,6,9-12H,1-2,4-5,7-8H2,(H,19,21). The number of nitrogens with one attached hydrogen (secondary N) is 1. The summed E-state index contributed by atoms with van der Waals surface area (Å²) < 4.78 is 1.55. The molecule has 2 aromatic heterocycles. The lowest BCUT2D eigenvalue weighted by molar-refractivity contribution is -0.116. The van der Waals surface area contributed by atoms with Crippen molar-refractivity contribution in [2.24, 2.45) is 5.92 Å². The molecule has 1 aliphatic carbocycles. The minimum Gasteiger partial charge on any atom is -0.323 e. The molecule has 0 atom stereocenters. The Labute approximate surface area is 123 Å². The van der Waals surface area contributed by atoms with Crippen LogP contribution in [0.15, 0.2) is 31.0 Å². The second-order valence-corrected chi connectivity index (χ2v) is 5.45. The molecule has 0 saturated heterocycles. The van der Waals surface area contributed by atoms with Gasteiger partial charge in [-0.05, 0) is 24.5 Å². The Morgan fingerprint density at radius 1 is 1.38 bits per heavy atom. The van der Waals surface area contributed by atoms with Crippen LogP contribution in [0.2, 0.25) is 0 Å². The number of nitrogens with zero attached hydrogens (tertiary/aromatic N) is 4. The summed E-state index contributed by atoms with van der Waals surface area (Å²) >= 11 is 0. The van der Waals surface area contributed by atoms with Gasteiger partial charge in [-0.3, -0.25) is 4.79 Å². The van der Waals surface area contributed by atoms with Crippen LogP contribution in [-0.4, -0.2) is 25.7 Å². The Morgan fingerprint density at radius 2 is 2.24 bits per heavy atom. The van der Waals surface area contributed by atoms with Gasteiger partial charge < -0.3 is 5.32 Å². The van der Waals surface area contributed by atoms with Crippen molar-refractivity contribution >= 4 is 11.6 Å². The molecule has 3 rings (SSSR count). The summed E-state index contributed by atoms with van der Waals surface area (Å²) in [4.78, 5) is 20.3. The van der Waals surface area contributed by atoms with E-state index < -0.39 is 0 Å². The zero-order chi connectivity index (χ0) is 14.5. The lowest BCUT2D eigenvalue weighted by Crippen LogP contribution is -2.15. The topological polar surface area (TPSA) is 72.7 Å². The predicted octanol–water partition coefficient (Wildman–Crippen LogP) is 2.57. The molecule has 0 bridgehead atoms. The van der Waals surface area contributed by atoms with Crippen molar-refractivity contribution in [1.29, 1.82) is 0 Å². The van der Waals surface area contributed by atoms with Gasteiger partial charge in [-0.15, -0.1) is 0 Å². The van der Waals surface area contributed by atoms with E-state index in [1.807, 2.05) is 6.07 Å². The van der Waals surface area contributed by atoms with Gasteiger partial charge in [-0.25, -0.2) is 14.6 Å². The van der Waals surface area contributed by atoms with Crippen LogP contribution in [0.5, 0.6) is 0 Å². The second kappa shape index (κ2) is 6.47. The van der Waals surface area contributed by atoms with Gasteiger partial charge in [-0.1, -0.05) is 25.7 Å². The smallest absolute Gasteiger partial charge is 0.224 e. The Bertz CT molecular complexity index is 590. The van der Waals surface area contributed by atoms with E-state index >= 15 is 0 Å². The summed E-state index contributed by atoms with van der Waals surface area (Å²) in [6.07, 6.45) is 11.4. The highest BCUT2D eigenvalue weighted by atomic mass is 16.1. The summed E-state index contributed by atoms with van der Waals surface area (Å²) in [6.45, 7) is 0. The predicted molar refractivity (Wildman–Crippen MR) is 79.0 cm³/mol. The van der Waals surface area contributed by atoms with Crippen LogP contribution in [0, 0.1) is 5.92 Å². The van der Waals surface area contributed by atoms with Gasteiger partial charge in [0.05, 0.1) is 5.69 Å². The molecular weight excluding hydrogens is 266 g/mol. The van der Waals surface area contributed by atoms with Crippen molar-refractivity contribution in [3.63, 3.8) is 0 Å². The highest BCUT2D eigenvalue weighted by molar-refractivity contribution is 5.92. The summed E-state index contributed by atoms with van der Waals surface area (Å²) in [5.74, 6) is 1.35. The number of hydrogen-bond donors (Lipinski definition) is 1. The molecule has 2 heterocycles. The summed E-state index contributed by atoms with van der Waals surface area (Å²) in [6, 6.07) is 3.63. The molecule has 6 heteroatoms. The minimum atomic E-state index is 0.0382. The van der Waals surface area contributed by atoms with Crippen molar-refractivity contribution in [3.8, 4) is 5.82 Å². The van der Waals surface area contributed by atoms with E-state index in [1.165, 1.54) is 32.0 Å². The fourth-order valence-electron chi connectivity index (χ4n) is 2.84. The maximum absolute atomic E-state index is 12.1. The van der Waals surface area contributed by atoms with E-state index in [9.17, 15) is 4.79 Å². The molecule has 0 spiro atoms. The number of carbonyl (C=O) groups is 1. The lowest BCUT2D eigenvalue weighted by atomic mass is 10.0. The van der Waals surface area contributed by atoms with Crippen molar-refractivity contribution in [3.05, 3.63) is 31.0 Å². The number of hydrogen-bond acceptors (Lipinski definition) is 4. The van der Waals surface area contributed by atoms with Crippen LogP contribution >= 0.6 is 0 Å². The summed E-state index contributed by atoms with van der Waals surface area (Å²) in [5, 5.41) is 6.99. The van der Waals surface area contributed by atoms with Gasteiger partial charge in [0.2, 0.25) is 5.91 Å². The monoisotopic (exact) mass is 285 g/mol. The molecule has 1 saturated carbocycles. The fraction of sp³-hybridized carbons (Fsp3) is 0.467. The zero-order valence-corrected chi connectivity index (χ0v) is 11.9. The van der Waals surface area contributed by atoms with Gasteiger partial charge in [0, 0.05) is 12.6 Å². The molecule has 0 unspecified atom stereocenters. The first-order valence-electron chi connectivity index (χ1n) is 7.43. The quantitative estimate of drug-likeness (QED) is 0.916. The number of carbonyl (C=O) groups excluding carboxylic acids is 1. The van der Waals surface area contributed by atoms with Crippen LogP contribution in [0.25, 0.3) is 5.82 Å². The number of anilines is 1. The molecule has 110 valence electrons. The Balaban J connectivity index is 1.63. The average Bonchev–Trinajstić information content (AvgIpc) is 3.19. The number of rotatable bonds is 5. The van der Waals surface area contributed by atoms with Gasteiger partial charge in [-0.2, -0.15) is 5.10 Å². The van der Waals surface area contributed by atoms with E-state index in [2.05, 4.69) is 20.4 Å². The van der Waals surface area contributed by atoms with Gasteiger partial charge in [0.25, 0.3) is 0 Å². The molecule has 1 fully saturated rings. The number of pyridine rings is 1. The summed E-state index contributed by atoms with van der Waals surface area (Å²) in [5.41, 5.74) is 0.666. The Hall–Kier alpha value is -2.24. The van der Waals surface area contributed by atoms with E-state index in [-0.39, 0.29) is 5.91 Å². The van der Waals surface area contributed by atoms with Gasteiger partial charge in [0.1, 0.15) is 12.7 Å². The number of aromatic nitrogens is 4. The van der Waals surface area contributed by atoms with Crippen molar-refractivity contribution in [1.82, 2.24) is 19.7 Å². The van der Waals surface area contributed by atoms with Crippen molar-refractivity contribution < 1.29 is 4.79 Å². The Kier molecular flexibility index (Phi) is 4.23. The second-order valence-electron chi connectivity index (χ2n) is 5.45. The molecule has 1 aliphatic rings. The molecular formula is C15H19N5O. The van der Waals surface area contributed by atoms with E-state index in [1.54, 1.807) is 23.3 Å². The maximum atomic E-state index is 12.1. The third-order valence-corrected chi connectivity index (χ3v) is 3.95. The molecule has 1 amide bonds.